The summed E-state index contributed by atoms with van der Waals surface area (Å²) in [5, 5.41) is 0. The van der Waals surface area contributed by atoms with Gasteiger partial charge in [0, 0.05) is 0 Å². The third kappa shape index (κ3) is 2.73. The summed E-state index contributed by atoms with van der Waals surface area (Å²) in [5.74, 6) is 0. The first-order valence-electron chi connectivity index (χ1n) is 5.42. The Labute approximate surface area is 87.7 Å². The zero-order valence-electron chi connectivity index (χ0n) is 9.56. The Kier molecular flexibility index (Phi) is 3.94. The molecule has 0 radical (unpaired) electrons. The predicted molar refractivity (Wildman–Crippen MR) is 64.3 cm³/mol. The van der Waals surface area contributed by atoms with Gasteiger partial charge in [-0.2, -0.15) is 0 Å². The second-order valence-electron chi connectivity index (χ2n) is 3.91. The van der Waals surface area contributed by atoms with Crippen molar-refractivity contribution in [1.82, 2.24) is 0 Å². The molecule has 0 bridgehead atoms. The molecule has 0 aromatic heterocycles. The first-order valence-corrected chi connectivity index (χ1v) is 5.42. The fourth-order valence-corrected chi connectivity index (χ4v) is 1.61. The quantitative estimate of drug-likeness (QED) is 0.608. The van der Waals surface area contributed by atoms with Gasteiger partial charge in [-0.1, -0.05) is 55.4 Å². The molecule has 0 aliphatic heterocycles. The second-order valence-corrected chi connectivity index (χ2v) is 3.91. The molecule has 0 N–H and O–H groups in total. The molecular formula is C14H20. The Balaban J connectivity index is 3.00. The Morgan fingerprint density at radius 1 is 1.21 bits per heavy atom. The Hall–Kier alpha value is -1.04. The van der Waals surface area contributed by atoms with Crippen molar-refractivity contribution in [3.63, 3.8) is 0 Å². The molecule has 0 atom stereocenters. The van der Waals surface area contributed by atoms with Gasteiger partial charge in [-0.25, -0.2) is 0 Å². The molecule has 1 aliphatic rings. The van der Waals surface area contributed by atoms with Crippen molar-refractivity contribution in [2.75, 3.05) is 0 Å². The Morgan fingerprint density at radius 2 is 1.86 bits per heavy atom. The molecular weight excluding hydrogens is 168 g/mol. The average Bonchev–Trinajstić information content (AvgIpc) is 2.39. The topological polar surface area (TPSA) is 0 Å². The SMILES string of the molecule is C=C(C)C1=CC=C(CC)CC(CC)=C1. The maximum atomic E-state index is 4.00. The average molecular weight is 188 g/mol. The van der Waals surface area contributed by atoms with Crippen LogP contribution in [-0.4, -0.2) is 0 Å². The summed E-state index contributed by atoms with van der Waals surface area (Å²) in [6, 6.07) is 0. The molecule has 0 unspecified atom stereocenters. The van der Waals surface area contributed by atoms with Crippen LogP contribution in [0.4, 0.5) is 0 Å². The molecule has 0 saturated carbocycles. The first kappa shape index (κ1) is 11.0. The van der Waals surface area contributed by atoms with Crippen molar-refractivity contribution < 1.29 is 0 Å². The van der Waals surface area contributed by atoms with Gasteiger partial charge >= 0.3 is 0 Å². The van der Waals surface area contributed by atoms with E-state index in [2.05, 4.69) is 45.6 Å². The highest BCUT2D eigenvalue weighted by Gasteiger charge is 2.04. The monoisotopic (exact) mass is 188 g/mol. The molecule has 14 heavy (non-hydrogen) atoms. The van der Waals surface area contributed by atoms with Crippen LogP contribution in [0.1, 0.15) is 40.0 Å². The van der Waals surface area contributed by atoms with Crippen LogP contribution in [-0.2, 0) is 0 Å². The van der Waals surface area contributed by atoms with Crippen LogP contribution in [0.3, 0.4) is 0 Å². The number of allylic oxidation sites excluding steroid dienone is 7. The maximum Gasteiger partial charge on any atom is -0.0102 e. The third-order valence-corrected chi connectivity index (χ3v) is 2.71. The van der Waals surface area contributed by atoms with Gasteiger partial charge in [0.15, 0.2) is 0 Å². The highest BCUT2D eigenvalue weighted by atomic mass is 14.1. The zero-order valence-corrected chi connectivity index (χ0v) is 9.56. The van der Waals surface area contributed by atoms with Crippen LogP contribution in [0.5, 0.6) is 0 Å². The van der Waals surface area contributed by atoms with E-state index in [9.17, 15) is 0 Å². The van der Waals surface area contributed by atoms with E-state index in [1.165, 1.54) is 16.7 Å². The van der Waals surface area contributed by atoms with Gasteiger partial charge in [-0.3, -0.25) is 0 Å². The lowest BCUT2D eigenvalue weighted by molar-refractivity contribution is 0.937. The largest absolute Gasteiger partial charge is 0.0955 e. The minimum atomic E-state index is 1.14. The number of hydrogen-bond acceptors (Lipinski definition) is 0. The molecule has 0 aromatic rings. The lowest BCUT2D eigenvalue weighted by Gasteiger charge is -2.05. The van der Waals surface area contributed by atoms with Crippen LogP contribution in [0.15, 0.2) is 47.1 Å². The van der Waals surface area contributed by atoms with Gasteiger partial charge in [0.05, 0.1) is 0 Å². The molecule has 0 heterocycles. The van der Waals surface area contributed by atoms with E-state index in [-0.39, 0.29) is 0 Å². The van der Waals surface area contributed by atoms with E-state index in [0.717, 1.165) is 24.8 Å². The highest BCUT2D eigenvalue weighted by Crippen LogP contribution is 2.24. The van der Waals surface area contributed by atoms with Gasteiger partial charge in [0.2, 0.25) is 0 Å². The smallest absolute Gasteiger partial charge is 0.0102 e. The van der Waals surface area contributed by atoms with E-state index >= 15 is 0 Å². The van der Waals surface area contributed by atoms with E-state index in [1.807, 2.05) is 0 Å². The van der Waals surface area contributed by atoms with Crippen molar-refractivity contribution in [2.24, 2.45) is 0 Å². The van der Waals surface area contributed by atoms with Crippen LogP contribution in [0.2, 0.25) is 0 Å². The molecule has 0 saturated heterocycles. The van der Waals surface area contributed by atoms with Crippen molar-refractivity contribution in [3.8, 4) is 0 Å². The summed E-state index contributed by atoms with van der Waals surface area (Å²) in [5.41, 5.74) is 5.48. The van der Waals surface area contributed by atoms with Gasteiger partial charge in [0.25, 0.3) is 0 Å². The summed E-state index contributed by atoms with van der Waals surface area (Å²) in [4.78, 5) is 0. The lowest BCUT2D eigenvalue weighted by atomic mass is 10.0. The molecule has 1 aliphatic carbocycles. The van der Waals surface area contributed by atoms with Crippen LogP contribution < -0.4 is 0 Å². The molecule has 0 fully saturated rings. The Morgan fingerprint density at radius 3 is 2.36 bits per heavy atom. The van der Waals surface area contributed by atoms with Crippen molar-refractivity contribution in [1.29, 1.82) is 0 Å². The standard InChI is InChI=1S/C14H20/c1-5-12-7-8-14(11(3)4)10-13(6-2)9-12/h7-8,10H,3,5-6,9H2,1-2,4H3. The second kappa shape index (κ2) is 4.99. The van der Waals surface area contributed by atoms with Crippen molar-refractivity contribution in [3.05, 3.63) is 47.1 Å². The fourth-order valence-electron chi connectivity index (χ4n) is 1.61. The van der Waals surface area contributed by atoms with Gasteiger partial charge in [0.1, 0.15) is 0 Å². The summed E-state index contributed by atoms with van der Waals surface area (Å²) in [6.07, 6.45) is 10.2. The molecule has 1 rings (SSSR count). The highest BCUT2D eigenvalue weighted by molar-refractivity contribution is 5.44. The third-order valence-electron chi connectivity index (χ3n) is 2.71. The number of rotatable bonds is 3. The minimum absolute atomic E-state index is 1.14. The molecule has 76 valence electrons. The van der Waals surface area contributed by atoms with Gasteiger partial charge < -0.3 is 0 Å². The van der Waals surface area contributed by atoms with E-state index in [4.69, 9.17) is 0 Å². The van der Waals surface area contributed by atoms with E-state index in [0.29, 0.717) is 0 Å². The normalized spacial score (nSPS) is 16.6. The molecule has 0 amide bonds. The van der Waals surface area contributed by atoms with Crippen molar-refractivity contribution in [2.45, 2.75) is 40.0 Å². The predicted octanol–water partition coefficient (Wildman–Crippen LogP) is 4.57. The lowest BCUT2D eigenvalue weighted by Crippen LogP contribution is -1.85. The van der Waals surface area contributed by atoms with Gasteiger partial charge in [-0.05, 0) is 31.8 Å². The van der Waals surface area contributed by atoms with Crippen LogP contribution in [0, 0.1) is 0 Å². The van der Waals surface area contributed by atoms with Crippen LogP contribution in [0.25, 0.3) is 0 Å². The van der Waals surface area contributed by atoms with Crippen molar-refractivity contribution >= 4 is 0 Å². The number of hydrogen-bond donors (Lipinski definition) is 0. The van der Waals surface area contributed by atoms with Gasteiger partial charge in [-0.15, -0.1) is 0 Å². The van der Waals surface area contributed by atoms with E-state index in [1.54, 1.807) is 0 Å². The fraction of sp³-hybridized carbons (Fsp3) is 0.429. The van der Waals surface area contributed by atoms with Crippen LogP contribution >= 0.6 is 0 Å². The molecule has 0 nitrogen and oxygen atoms in total. The summed E-state index contributed by atoms with van der Waals surface area (Å²) in [7, 11) is 0. The minimum Gasteiger partial charge on any atom is -0.0955 e. The van der Waals surface area contributed by atoms with E-state index < -0.39 is 0 Å². The first-order chi connectivity index (χ1) is 6.67. The molecule has 0 heteroatoms. The Bertz CT molecular complexity index is 311. The summed E-state index contributed by atoms with van der Waals surface area (Å²) in [6.45, 7) is 10.5. The molecule has 0 spiro atoms. The summed E-state index contributed by atoms with van der Waals surface area (Å²) >= 11 is 0. The maximum absolute atomic E-state index is 4.00. The molecule has 0 aromatic carbocycles. The zero-order chi connectivity index (χ0) is 10.6. The summed E-state index contributed by atoms with van der Waals surface area (Å²) < 4.78 is 0.